The monoisotopic (exact) mass is 216 g/mol. The van der Waals surface area contributed by atoms with Gasteiger partial charge in [-0.3, -0.25) is 0 Å². The van der Waals surface area contributed by atoms with Crippen LogP contribution < -0.4 is 5.32 Å². The smallest absolute Gasteiger partial charge is 0.166 e. The zero-order valence-corrected chi connectivity index (χ0v) is 9.70. The summed E-state index contributed by atoms with van der Waals surface area (Å²) in [7, 11) is 0. The van der Waals surface area contributed by atoms with Crippen molar-refractivity contribution in [1.82, 2.24) is 10.2 Å². The van der Waals surface area contributed by atoms with E-state index in [0.717, 1.165) is 6.42 Å². The second-order valence-electron chi connectivity index (χ2n) is 4.98. The molecule has 1 aromatic rings. The maximum Gasteiger partial charge on any atom is 0.166 e. The van der Waals surface area contributed by atoms with E-state index in [1.54, 1.807) is 12.3 Å². The molecule has 1 N–H and O–H groups in total. The van der Waals surface area contributed by atoms with Crippen molar-refractivity contribution < 1.29 is 0 Å². The van der Waals surface area contributed by atoms with Gasteiger partial charge < -0.3 is 5.32 Å². The second-order valence-corrected chi connectivity index (χ2v) is 4.98. The Bertz CT molecular complexity index is 419. The molecular weight excluding hydrogens is 200 g/mol. The van der Waals surface area contributed by atoms with E-state index in [9.17, 15) is 0 Å². The second kappa shape index (κ2) is 4.09. The third-order valence-corrected chi connectivity index (χ3v) is 3.41. The van der Waals surface area contributed by atoms with Gasteiger partial charge in [0.05, 0.1) is 11.8 Å². The van der Waals surface area contributed by atoms with Crippen LogP contribution in [0.1, 0.15) is 38.7 Å². The molecule has 0 bridgehead atoms. The van der Waals surface area contributed by atoms with Crippen LogP contribution in [0.3, 0.4) is 0 Å². The van der Waals surface area contributed by atoms with Crippen LogP contribution in [0.4, 0.5) is 5.82 Å². The topological polar surface area (TPSA) is 61.6 Å². The molecule has 0 spiro atoms. The van der Waals surface area contributed by atoms with Crippen LogP contribution >= 0.6 is 0 Å². The normalized spacial score (nSPS) is 22.7. The van der Waals surface area contributed by atoms with Gasteiger partial charge in [-0.1, -0.05) is 20.3 Å². The summed E-state index contributed by atoms with van der Waals surface area (Å²) in [6, 6.07) is 4.21. The van der Waals surface area contributed by atoms with E-state index in [1.165, 1.54) is 12.8 Å². The largest absolute Gasteiger partial charge is 0.364 e. The van der Waals surface area contributed by atoms with Crippen molar-refractivity contribution >= 4 is 5.82 Å². The first kappa shape index (κ1) is 10.9. The summed E-state index contributed by atoms with van der Waals surface area (Å²) >= 11 is 0. The predicted molar refractivity (Wildman–Crippen MR) is 61.8 cm³/mol. The molecule has 1 aromatic heterocycles. The third-order valence-electron chi connectivity index (χ3n) is 3.41. The van der Waals surface area contributed by atoms with Crippen LogP contribution in [0, 0.1) is 16.7 Å². The summed E-state index contributed by atoms with van der Waals surface area (Å²) in [5, 5.41) is 20.1. The molecule has 4 heteroatoms. The van der Waals surface area contributed by atoms with E-state index in [2.05, 4.69) is 35.4 Å². The number of anilines is 1. The highest BCUT2D eigenvalue weighted by molar-refractivity contribution is 5.51. The van der Waals surface area contributed by atoms with Gasteiger partial charge in [0.25, 0.3) is 0 Å². The number of nitrogens with one attached hydrogen (secondary N) is 1. The van der Waals surface area contributed by atoms with E-state index < -0.39 is 0 Å². The molecule has 16 heavy (non-hydrogen) atoms. The summed E-state index contributed by atoms with van der Waals surface area (Å²) in [6.07, 6.45) is 5.12. The van der Waals surface area contributed by atoms with Crippen molar-refractivity contribution in [3.05, 3.63) is 17.8 Å². The Labute approximate surface area is 95.7 Å². The number of nitriles is 1. The fourth-order valence-electron chi connectivity index (χ4n) is 2.29. The Morgan fingerprint density at radius 2 is 2.38 bits per heavy atom. The molecular formula is C12H16N4. The van der Waals surface area contributed by atoms with Crippen molar-refractivity contribution in [2.75, 3.05) is 5.32 Å². The van der Waals surface area contributed by atoms with Crippen LogP contribution in [0.2, 0.25) is 0 Å². The van der Waals surface area contributed by atoms with Crippen molar-refractivity contribution in [2.45, 2.75) is 39.2 Å². The van der Waals surface area contributed by atoms with E-state index in [-0.39, 0.29) is 5.41 Å². The molecule has 1 aliphatic rings. The Balaban J connectivity index is 2.18. The van der Waals surface area contributed by atoms with Gasteiger partial charge in [-0.25, -0.2) is 0 Å². The summed E-state index contributed by atoms with van der Waals surface area (Å²) in [5.74, 6) is 0.616. The Morgan fingerprint density at radius 3 is 3.00 bits per heavy atom. The average molecular weight is 216 g/mol. The third kappa shape index (κ3) is 1.99. The summed E-state index contributed by atoms with van der Waals surface area (Å²) in [5.41, 5.74) is 0.835. The maximum atomic E-state index is 8.96. The molecule has 0 amide bonds. The SMILES string of the molecule is CC1(C)CCCC1Nc1nnccc1C#N. The molecule has 1 saturated carbocycles. The molecule has 1 atom stereocenters. The Morgan fingerprint density at radius 1 is 1.56 bits per heavy atom. The lowest BCUT2D eigenvalue weighted by molar-refractivity contribution is 0.349. The molecule has 0 saturated heterocycles. The van der Waals surface area contributed by atoms with E-state index in [4.69, 9.17) is 5.26 Å². The molecule has 1 unspecified atom stereocenters. The lowest BCUT2D eigenvalue weighted by atomic mass is 9.87. The van der Waals surface area contributed by atoms with E-state index >= 15 is 0 Å². The van der Waals surface area contributed by atoms with Crippen LogP contribution in [-0.4, -0.2) is 16.2 Å². The Kier molecular flexibility index (Phi) is 2.78. The lowest BCUT2D eigenvalue weighted by Crippen LogP contribution is -2.31. The molecule has 1 heterocycles. The fourth-order valence-corrected chi connectivity index (χ4v) is 2.29. The highest BCUT2D eigenvalue weighted by Crippen LogP contribution is 2.38. The first-order chi connectivity index (χ1) is 7.63. The molecule has 0 aromatic carbocycles. The highest BCUT2D eigenvalue weighted by Gasteiger charge is 2.34. The zero-order valence-electron chi connectivity index (χ0n) is 9.70. The summed E-state index contributed by atoms with van der Waals surface area (Å²) in [4.78, 5) is 0. The molecule has 0 radical (unpaired) electrons. The van der Waals surface area contributed by atoms with Gasteiger partial charge >= 0.3 is 0 Å². The van der Waals surface area contributed by atoms with Crippen LogP contribution in [0.15, 0.2) is 12.3 Å². The average Bonchev–Trinajstić information content (AvgIpc) is 2.59. The number of rotatable bonds is 2. The maximum absolute atomic E-state index is 8.96. The van der Waals surface area contributed by atoms with Gasteiger partial charge in [-0.15, -0.1) is 5.10 Å². The zero-order chi connectivity index (χ0) is 11.6. The standard InChI is InChI=1S/C12H16N4/c1-12(2)6-3-4-10(12)15-11-9(8-13)5-7-14-16-11/h5,7,10H,3-4,6H2,1-2H3,(H,15,16). The summed E-state index contributed by atoms with van der Waals surface area (Å²) < 4.78 is 0. The first-order valence-electron chi connectivity index (χ1n) is 5.62. The molecule has 2 rings (SSSR count). The lowest BCUT2D eigenvalue weighted by Gasteiger charge is -2.28. The van der Waals surface area contributed by atoms with Gasteiger partial charge in [-0.05, 0) is 24.3 Å². The summed E-state index contributed by atoms with van der Waals surface area (Å²) in [6.45, 7) is 4.50. The van der Waals surface area contributed by atoms with Crippen LogP contribution in [0.25, 0.3) is 0 Å². The van der Waals surface area contributed by atoms with Gasteiger partial charge in [0, 0.05) is 6.04 Å². The van der Waals surface area contributed by atoms with Crippen molar-refractivity contribution in [3.8, 4) is 6.07 Å². The molecule has 1 fully saturated rings. The quantitative estimate of drug-likeness (QED) is 0.824. The fraction of sp³-hybridized carbons (Fsp3) is 0.583. The molecule has 0 aliphatic heterocycles. The number of hydrogen-bond donors (Lipinski definition) is 1. The van der Waals surface area contributed by atoms with Gasteiger partial charge in [0.15, 0.2) is 5.82 Å². The predicted octanol–water partition coefficient (Wildman–Crippen LogP) is 2.34. The Hall–Kier alpha value is -1.63. The number of aromatic nitrogens is 2. The van der Waals surface area contributed by atoms with E-state index in [0.29, 0.717) is 17.4 Å². The molecule has 84 valence electrons. The van der Waals surface area contributed by atoms with Crippen LogP contribution in [-0.2, 0) is 0 Å². The highest BCUT2D eigenvalue weighted by atomic mass is 15.2. The van der Waals surface area contributed by atoms with E-state index in [1.807, 2.05) is 0 Å². The number of nitrogens with zero attached hydrogens (tertiary/aromatic N) is 3. The van der Waals surface area contributed by atoms with Gasteiger partial charge in [0.2, 0.25) is 0 Å². The van der Waals surface area contributed by atoms with Crippen molar-refractivity contribution in [1.29, 1.82) is 5.26 Å². The minimum Gasteiger partial charge on any atom is -0.364 e. The molecule has 1 aliphatic carbocycles. The first-order valence-corrected chi connectivity index (χ1v) is 5.62. The van der Waals surface area contributed by atoms with Crippen molar-refractivity contribution in [3.63, 3.8) is 0 Å². The van der Waals surface area contributed by atoms with Crippen molar-refractivity contribution in [2.24, 2.45) is 5.41 Å². The van der Waals surface area contributed by atoms with Gasteiger partial charge in [0.1, 0.15) is 6.07 Å². The minimum absolute atomic E-state index is 0.268. The van der Waals surface area contributed by atoms with Gasteiger partial charge in [-0.2, -0.15) is 10.4 Å². The molecule has 4 nitrogen and oxygen atoms in total. The minimum atomic E-state index is 0.268. The number of hydrogen-bond acceptors (Lipinski definition) is 4. The van der Waals surface area contributed by atoms with Crippen LogP contribution in [0.5, 0.6) is 0 Å².